The number of carbonyl (C=O) groups is 1. The maximum Gasteiger partial charge on any atom is 0.305 e. The lowest BCUT2D eigenvalue weighted by molar-refractivity contribution is -0.125. The van der Waals surface area contributed by atoms with Crippen LogP contribution in [-0.2, 0) is 29.3 Å². The van der Waals surface area contributed by atoms with Crippen LogP contribution in [0.3, 0.4) is 0 Å². The third-order valence-electron chi connectivity index (χ3n) is 1.45. The number of methoxy groups -OCH3 is 1. The maximum atomic E-state index is 10.9. The zero-order chi connectivity index (χ0) is 9.14. The Morgan fingerprint density at radius 3 is 2.75 bits per heavy atom. The molecule has 0 radical (unpaired) electrons. The zero-order valence-electron chi connectivity index (χ0n) is 6.81. The molecule has 0 saturated carbocycles. The minimum Gasteiger partial charge on any atom is -0.382 e. The standard InChI is InChI=1S/C6H10O5S/c1-4(7)6-5(3-9-2)10-12(8)11-6/h5-6H,3H2,1-2H3/t5-,6-,12?/m1/s1. The minimum atomic E-state index is -1.81. The van der Waals surface area contributed by atoms with Crippen molar-refractivity contribution in [2.45, 2.75) is 19.1 Å². The normalized spacial score (nSPS) is 35.3. The molecule has 0 N–H and O–H groups in total. The molecule has 1 fully saturated rings. The molecule has 1 unspecified atom stereocenters. The van der Waals surface area contributed by atoms with E-state index in [2.05, 4.69) is 0 Å². The number of carbonyl (C=O) groups excluding carboxylic acids is 1. The van der Waals surface area contributed by atoms with Gasteiger partial charge in [-0.3, -0.25) is 13.2 Å². The van der Waals surface area contributed by atoms with Crippen molar-refractivity contribution in [1.82, 2.24) is 0 Å². The van der Waals surface area contributed by atoms with Crippen molar-refractivity contribution in [3.05, 3.63) is 0 Å². The number of hydrogen-bond acceptors (Lipinski definition) is 5. The van der Waals surface area contributed by atoms with Crippen molar-refractivity contribution in [2.75, 3.05) is 13.7 Å². The highest BCUT2D eigenvalue weighted by Gasteiger charge is 2.38. The van der Waals surface area contributed by atoms with Crippen molar-refractivity contribution in [1.29, 1.82) is 0 Å². The first-order valence-corrected chi connectivity index (χ1v) is 4.40. The minimum absolute atomic E-state index is 0.204. The van der Waals surface area contributed by atoms with Gasteiger partial charge in [0.05, 0.1) is 6.61 Å². The molecule has 1 heterocycles. The number of ketones is 1. The van der Waals surface area contributed by atoms with Crippen LogP contribution in [0.2, 0.25) is 0 Å². The molecule has 3 atom stereocenters. The van der Waals surface area contributed by atoms with Gasteiger partial charge in [0.2, 0.25) is 0 Å². The fraction of sp³-hybridized carbons (Fsp3) is 0.833. The van der Waals surface area contributed by atoms with Crippen LogP contribution in [0.25, 0.3) is 0 Å². The summed E-state index contributed by atoms with van der Waals surface area (Å²) >= 11 is -1.81. The monoisotopic (exact) mass is 194 g/mol. The molecule has 0 bridgehead atoms. The van der Waals surface area contributed by atoms with E-state index in [0.717, 1.165) is 0 Å². The molecule has 5 nitrogen and oxygen atoms in total. The van der Waals surface area contributed by atoms with Crippen molar-refractivity contribution in [2.24, 2.45) is 0 Å². The molecule has 12 heavy (non-hydrogen) atoms. The summed E-state index contributed by atoms with van der Waals surface area (Å²) in [5.41, 5.74) is 0. The van der Waals surface area contributed by atoms with Crippen LogP contribution >= 0.6 is 0 Å². The number of ether oxygens (including phenoxy) is 1. The lowest BCUT2D eigenvalue weighted by Crippen LogP contribution is -2.32. The summed E-state index contributed by atoms with van der Waals surface area (Å²) in [4.78, 5) is 10.9. The third kappa shape index (κ3) is 2.10. The smallest absolute Gasteiger partial charge is 0.305 e. The van der Waals surface area contributed by atoms with Crippen LogP contribution in [0.1, 0.15) is 6.92 Å². The Hall–Kier alpha value is -0.300. The van der Waals surface area contributed by atoms with Crippen LogP contribution in [0.15, 0.2) is 0 Å². The largest absolute Gasteiger partial charge is 0.382 e. The Labute approximate surface area is 72.9 Å². The molecule has 6 heteroatoms. The second-order valence-electron chi connectivity index (χ2n) is 2.42. The van der Waals surface area contributed by atoms with Crippen LogP contribution < -0.4 is 0 Å². The van der Waals surface area contributed by atoms with Gasteiger partial charge in [-0.25, -0.2) is 0 Å². The Balaban J connectivity index is 2.59. The van der Waals surface area contributed by atoms with Gasteiger partial charge in [-0.15, -0.1) is 0 Å². The topological polar surface area (TPSA) is 61.8 Å². The van der Waals surface area contributed by atoms with Crippen LogP contribution in [-0.4, -0.2) is 35.9 Å². The predicted octanol–water partition coefficient (Wildman–Crippen LogP) is -0.416. The molecule has 0 amide bonds. The molecule has 1 rings (SSSR count). The van der Waals surface area contributed by atoms with E-state index in [0.29, 0.717) is 0 Å². The predicted molar refractivity (Wildman–Crippen MR) is 40.4 cm³/mol. The number of Topliss-reactive ketones (excluding diaryl/α,β-unsaturated/α-hetero) is 1. The van der Waals surface area contributed by atoms with E-state index < -0.39 is 23.6 Å². The summed E-state index contributed by atoms with van der Waals surface area (Å²) in [5.74, 6) is -0.206. The molecule has 0 spiro atoms. The molecular formula is C6H10O5S. The molecule has 1 saturated heterocycles. The van der Waals surface area contributed by atoms with Crippen molar-refractivity contribution >= 4 is 17.1 Å². The quantitative estimate of drug-likeness (QED) is 0.611. The first-order chi connectivity index (χ1) is 5.65. The fourth-order valence-corrected chi connectivity index (χ4v) is 1.76. The first kappa shape index (κ1) is 9.79. The van der Waals surface area contributed by atoms with Crippen LogP contribution in [0.4, 0.5) is 0 Å². The third-order valence-corrected chi connectivity index (χ3v) is 2.22. The SMILES string of the molecule is COC[C@H]1OS(=O)O[C@@H]1C(C)=O. The van der Waals surface area contributed by atoms with E-state index in [9.17, 15) is 9.00 Å². The molecule has 0 aromatic rings. The summed E-state index contributed by atoms with van der Waals surface area (Å²) in [6.07, 6.45) is -1.31. The van der Waals surface area contributed by atoms with Gasteiger partial charge in [0.1, 0.15) is 6.10 Å². The Morgan fingerprint density at radius 2 is 2.25 bits per heavy atom. The summed E-state index contributed by atoms with van der Waals surface area (Å²) < 4.78 is 25.0. The van der Waals surface area contributed by atoms with Crippen molar-refractivity contribution in [3.8, 4) is 0 Å². The molecule has 0 aliphatic carbocycles. The van der Waals surface area contributed by atoms with Crippen molar-refractivity contribution in [3.63, 3.8) is 0 Å². The molecular weight excluding hydrogens is 184 g/mol. The van der Waals surface area contributed by atoms with Gasteiger partial charge in [-0.05, 0) is 6.92 Å². The van der Waals surface area contributed by atoms with Gasteiger partial charge in [0, 0.05) is 7.11 Å². The zero-order valence-corrected chi connectivity index (χ0v) is 7.63. The van der Waals surface area contributed by atoms with Crippen LogP contribution in [0, 0.1) is 0 Å². The van der Waals surface area contributed by atoms with E-state index in [1.165, 1.54) is 14.0 Å². The van der Waals surface area contributed by atoms with E-state index in [1.807, 2.05) is 0 Å². The average molecular weight is 194 g/mol. The molecule has 1 aliphatic rings. The summed E-state index contributed by atoms with van der Waals surface area (Å²) in [7, 11) is 1.47. The van der Waals surface area contributed by atoms with E-state index in [4.69, 9.17) is 13.1 Å². The maximum absolute atomic E-state index is 10.9. The second-order valence-corrected chi connectivity index (χ2v) is 3.21. The van der Waals surface area contributed by atoms with Gasteiger partial charge in [0.15, 0.2) is 11.9 Å². The Morgan fingerprint density at radius 1 is 1.58 bits per heavy atom. The Kier molecular flexibility index (Phi) is 3.33. The van der Waals surface area contributed by atoms with Gasteiger partial charge in [0.25, 0.3) is 0 Å². The number of rotatable bonds is 3. The summed E-state index contributed by atoms with van der Waals surface area (Å²) in [6, 6.07) is 0. The van der Waals surface area contributed by atoms with E-state index in [1.54, 1.807) is 0 Å². The van der Waals surface area contributed by atoms with Gasteiger partial charge >= 0.3 is 11.4 Å². The highest BCUT2D eigenvalue weighted by Crippen LogP contribution is 2.18. The van der Waals surface area contributed by atoms with E-state index >= 15 is 0 Å². The molecule has 0 aromatic carbocycles. The summed E-state index contributed by atoms with van der Waals surface area (Å²) in [6.45, 7) is 1.56. The molecule has 70 valence electrons. The first-order valence-electron chi connectivity index (χ1n) is 3.40. The fourth-order valence-electron chi connectivity index (χ4n) is 0.930. The highest BCUT2D eigenvalue weighted by molar-refractivity contribution is 7.75. The average Bonchev–Trinajstić information content (AvgIpc) is 2.32. The lowest BCUT2D eigenvalue weighted by atomic mass is 10.1. The second kappa shape index (κ2) is 4.08. The lowest BCUT2D eigenvalue weighted by Gasteiger charge is -2.09. The molecule has 0 aromatic heterocycles. The van der Waals surface area contributed by atoms with Gasteiger partial charge in [-0.1, -0.05) is 0 Å². The number of hydrogen-bond donors (Lipinski definition) is 0. The van der Waals surface area contributed by atoms with Crippen LogP contribution in [0.5, 0.6) is 0 Å². The van der Waals surface area contributed by atoms with Gasteiger partial charge < -0.3 is 4.74 Å². The van der Waals surface area contributed by atoms with E-state index in [-0.39, 0.29) is 12.4 Å². The highest BCUT2D eigenvalue weighted by atomic mass is 32.2. The van der Waals surface area contributed by atoms with Gasteiger partial charge in [-0.2, -0.15) is 4.21 Å². The summed E-state index contributed by atoms with van der Waals surface area (Å²) in [5, 5.41) is 0. The van der Waals surface area contributed by atoms with Crippen molar-refractivity contribution < 1.29 is 22.1 Å². The molecule has 1 aliphatic heterocycles. The Bertz CT molecular complexity index is 204.